The summed E-state index contributed by atoms with van der Waals surface area (Å²) in [5.41, 5.74) is 28.3. The zero-order valence-electron chi connectivity index (χ0n) is 43.2. The van der Waals surface area contributed by atoms with Crippen molar-refractivity contribution < 1.29 is 0 Å². The molecule has 2 aliphatic rings. The normalized spacial score (nSPS) is 12.2. The summed E-state index contributed by atoms with van der Waals surface area (Å²) in [4.78, 5) is 0. The van der Waals surface area contributed by atoms with Crippen LogP contribution in [0.4, 0.5) is 0 Å². The minimum atomic E-state index is 1.22. The van der Waals surface area contributed by atoms with Gasteiger partial charge in [0.1, 0.15) is 0 Å². The standard InChI is InChI=1S/C78H48/c1-45-21-9-11-27-49(45)67-55-33-17-19-35-57(55)71(53-31-15-13-29-51(53)47-23-5-3-6-24-47)77-65-43-39-61-60-38-42-64-74-66(44-40-62(70(60)74)59-37-41-63(75(67)77)73(65)69(59)61)78-72(54-32-16-14-30-52(54)48-25-7-4-8-26-48)58-36-20-18-34-56(58)68(76(64)78)50-28-12-10-22-46(50)2/h3-44H,1-2H3. The molecular formula is C78H48. The summed E-state index contributed by atoms with van der Waals surface area (Å²) >= 11 is 0. The SMILES string of the molecule is Cc1ccccc1-c1c2c(c(-c3ccccc3-c3ccccc3)c3ccccc13)-c1ccc3c4ccc5c6c(ccc(c7ccc-2c1c73)c64)-c1c-5c(-c2ccccc2C)c2ccccc2c1-c1ccccc1-c1ccccc1. The molecule has 0 atom stereocenters. The van der Waals surface area contributed by atoms with Gasteiger partial charge in [0.2, 0.25) is 0 Å². The molecule has 78 heavy (non-hydrogen) atoms. The lowest BCUT2D eigenvalue weighted by molar-refractivity contribution is 1.47. The highest BCUT2D eigenvalue weighted by Gasteiger charge is 2.36. The lowest BCUT2D eigenvalue weighted by atomic mass is 9.80. The van der Waals surface area contributed by atoms with Crippen molar-refractivity contribution in [3.63, 3.8) is 0 Å². The Morgan fingerprint density at radius 3 is 0.731 bits per heavy atom. The predicted octanol–water partition coefficient (Wildman–Crippen LogP) is 22.0. The molecular weight excluding hydrogens is 937 g/mol. The molecule has 15 aromatic rings. The van der Waals surface area contributed by atoms with Crippen molar-refractivity contribution in [2.24, 2.45) is 0 Å². The summed E-state index contributed by atoms with van der Waals surface area (Å²) in [7, 11) is 0. The van der Waals surface area contributed by atoms with Crippen LogP contribution < -0.4 is 0 Å². The van der Waals surface area contributed by atoms with Crippen LogP contribution in [-0.2, 0) is 0 Å². The number of hydrogen-bond donors (Lipinski definition) is 0. The minimum absolute atomic E-state index is 1.22. The third-order valence-corrected chi connectivity index (χ3v) is 17.8. The molecule has 0 saturated carbocycles. The van der Waals surface area contributed by atoms with Crippen LogP contribution in [0.2, 0.25) is 0 Å². The van der Waals surface area contributed by atoms with E-state index < -0.39 is 0 Å². The van der Waals surface area contributed by atoms with E-state index in [-0.39, 0.29) is 0 Å². The maximum atomic E-state index is 2.48. The van der Waals surface area contributed by atoms with Gasteiger partial charge >= 0.3 is 0 Å². The summed E-state index contributed by atoms with van der Waals surface area (Å²) in [6.45, 7) is 4.55. The zero-order valence-corrected chi connectivity index (χ0v) is 43.2. The number of rotatable bonds is 6. The number of fused-ring (bicyclic) bond motifs is 10. The largest absolute Gasteiger partial charge is 0.0622 e. The lowest BCUT2D eigenvalue weighted by Gasteiger charge is -2.22. The van der Waals surface area contributed by atoms with Gasteiger partial charge in [-0.25, -0.2) is 0 Å². The van der Waals surface area contributed by atoms with E-state index in [0.29, 0.717) is 0 Å². The Morgan fingerprint density at radius 1 is 0.154 bits per heavy atom. The van der Waals surface area contributed by atoms with Crippen molar-refractivity contribution >= 4 is 64.6 Å². The molecule has 0 radical (unpaired) electrons. The fraction of sp³-hybridized carbons (Fsp3) is 0.0256. The van der Waals surface area contributed by atoms with Gasteiger partial charge in [-0.3, -0.25) is 0 Å². The third kappa shape index (κ3) is 5.79. The van der Waals surface area contributed by atoms with Crippen molar-refractivity contribution in [3.05, 3.63) is 266 Å². The van der Waals surface area contributed by atoms with Crippen LogP contribution in [0.5, 0.6) is 0 Å². The fourth-order valence-corrected chi connectivity index (χ4v) is 14.6. The van der Waals surface area contributed by atoms with E-state index >= 15 is 0 Å². The van der Waals surface area contributed by atoms with Crippen LogP contribution in [0.15, 0.2) is 255 Å². The Hall–Kier alpha value is -9.88. The molecule has 0 aromatic heterocycles. The molecule has 15 aromatic carbocycles. The molecule has 0 aliphatic heterocycles. The average molecular weight is 985 g/mol. The molecule has 0 N–H and O–H groups in total. The van der Waals surface area contributed by atoms with E-state index in [1.165, 1.54) is 187 Å². The van der Waals surface area contributed by atoms with Gasteiger partial charge in [-0.2, -0.15) is 0 Å². The van der Waals surface area contributed by atoms with Gasteiger partial charge in [0.05, 0.1) is 0 Å². The van der Waals surface area contributed by atoms with Gasteiger partial charge in [0.25, 0.3) is 0 Å². The third-order valence-electron chi connectivity index (χ3n) is 17.8. The first-order valence-electron chi connectivity index (χ1n) is 27.4. The molecule has 0 amide bonds. The van der Waals surface area contributed by atoms with E-state index in [9.17, 15) is 0 Å². The zero-order chi connectivity index (χ0) is 51.3. The van der Waals surface area contributed by atoms with Gasteiger partial charge in [-0.05, 0) is 201 Å². The Labute approximate surface area is 453 Å². The summed E-state index contributed by atoms with van der Waals surface area (Å²) in [6.07, 6.45) is 0. The van der Waals surface area contributed by atoms with Crippen molar-refractivity contribution in [1.29, 1.82) is 0 Å². The fourth-order valence-electron chi connectivity index (χ4n) is 14.6. The van der Waals surface area contributed by atoms with Gasteiger partial charge in [0.15, 0.2) is 0 Å². The molecule has 0 unspecified atom stereocenters. The Balaban J connectivity index is 0.998. The highest BCUT2D eigenvalue weighted by atomic mass is 14.4. The molecule has 360 valence electrons. The first-order valence-corrected chi connectivity index (χ1v) is 27.4. The quantitative estimate of drug-likeness (QED) is 0.115. The summed E-state index contributed by atoms with van der Waals surface area (Å²) in [6, 6.07) is 96.2. The molecule has 17 rings (SSSR count). The van der Waals surface area contributed by atoms with Crippen LogP contribution in [0.25, 0.3) is 176 Å². The maximum absolute atomic E-state index is 2.48. The van der Waals surface area contributed by atoms with Crippen molar-refractivity contribution in [1.82, 2.24) is 0 Å². The van der Waals surface area contributed by atoms with E-state index in [1.54, 1.807) is 0 Å². The van der Waals surface area contributed by atoms with Gasteiger partial charge in [-0.15, -0.1) is 0 Å². The van der Waals surface area contributed by atoms with E-state index in [0.717, 1.165) is 0 Å². The maximum Gasteiger partial charge on any atom is -0.000718 e. The summed E-state index contributed by atoms with van der Waals surface area (Å²) in [5.74, 6) is 0. The smallest absolute Gasteiger partial charge is 0.000718 e. The molecule has 2 aliphatic carbocycles. The number of benzene rings is 15. The van der Waals surface area contributed by atoms with E-state index in [2.05, 4.69) is 269 Å². The monoisotopic (exact) mass is 984 g/mol. The number of aryl methyl sites for hydroxylation is 2. The average Bonchev–Trinajstić information content (AvgIpc) is 3.24. The van der Waals surface area contributed by atoms with Crippen LogP contribution >= 0.6 is 0 Å². The topological polar surface area (TPSA) is 0 Å². The van der Waals surface area contributed by atoms with Gasteiger partial charge in [-0.1, -0.05) is 255 Å². The Morgan fingerprint density at radius 2 is 0.410 bits per heavy atom. The van der Waals surface area contributed by atoms with Gasteiger partial charge in [0, 0.05) is 0 Å². The molecule has 0 heterocycles. The van der Waals surface area contributed by atoms with Crippen molar-refractivity contribution in [3.8, 4) is 111 Å². The van der Waals surface area contributed by atoms with Crippen molar-refractivity contribution in [2.45, 2.75) is 13.8 Å². The van der Waals surface area contributed by atoms with Crippen LogP contribution in [-0.4, -0.2) is 0 Å². The molecule has 0 nitrogen and oxygen atoms in total. The molecule has 0 spiro atoms. The van der Waals surface area contributed by atoms with Crippen LogP contribution in [0.3, 0.4) is 0 Å². The Bertz CT molecular complexity index is 4730. The second-order valence-electron chi connectivity index (χ2n) is 21.7. The molecule has 0 heteroatoms. The Kier molecular flexibility index (Phi) is 9.07. The highest BCUT2D eigenvalue weighted by molar-refractivity contribution is 6.42. The number of hydrogen-bond acceptors (Lipinski definition) is 0. The second kappa shape index (κ2) is 16.3. The summed E-state index contributed by atoms with van der Waals surface area (Å²) in [5, 5.41) is 15.7. The molecule has 0 bridgehead atoms. The van der Waals surface area contributed by atoms with Crippen LogP contribution in [0.1, 0.15) is 11.1 Å². The predicted molar refractivity (Wildman–Crippen MR) is 334 cm³/mol. The highest BCUT2D eigenvalue weighted by Crippen LogP contribution is 2.64. The molecule has 0 saturated heterocycles. The van der Waals surface area contributed by atoms with Crippen LogP contribution in [0, 0.1) is 13.8 Å². The first-order chi connectivity index (χ1) is 38.6. The second-order valence-corrected chi connectivity index (χ2v) is 21.7. The minimum Gasteiger partial charge on any atom is -0.0622 e. The first kappa shape index (κ1) is 43.4. The van der Waals surface area contributed by atoms with Crippen molar-refractivity contribution in [2.75, 3.05) is 0 Å². The van der Waals surface area contributed by atoms with E-state index in [1.807, 2.05) is 0 Å². The molecule has 0 fully saturated rings. The lowest BCUT2D eigenvalue weighted by Crippen LogP contribution is -1.96. The summed E-state index contributed by atoms with van der Waals surface area (Å²) < 4.78 is 0. The van der Waals surface area contributed by atoms with E-state index in [4.69, 9.17) is 0 Å². The van der Waals surface area contributed by atoms with Gasteiger partial charge < -0.3 is 0 Å².